The molecule has 2 nitrogen and oxygen atoms in total. The van der Waals surface area contributed by atoms with Crippen LogP contribution in [0.15, 0.2) is 30.3 Å². The highest BCUT2D eigenvalue weighted by molar-refractivity contribution is 5.78. The number of aryl methyl sites for hydroxylation is 2. The van der Waals surface area contributed by atoms with Crippen molar-refractivity contribution >= 4 is 5.78 Å². The maximum absolute atomic E-state index is 11.1. The molecule has 0 spiro atoms. The molecular weight excluding hydrogens is 272 g/mol. The molecule has 0 radical (unpaired) electrons. The molecule has 0 aromatic heterocycles. The second kappa shape index (κ2) is 6.78. The lowest BCUT2D eigenvalue weighted by atomic mass is 9.95. The van der Waals surface area contributed by atoms with Crippen molar-refractivity contribution in [3.05, 3.63) is 63.7 Å². The third-order valence-electron chi connectivity index (χ3n) is 4.28. The Kier molecular flexibility index (Phi) is 5.02. The Bertz CT molecular complexity index is 656. The molecule has 0 N–H and O–H groups in total. The van der Waals surface area contributed by atoms with Gasteiger partial charge in [0.15, 0.2) is 0 Å². The lowest BCUT2D eigenvalue weighted by molar-refractivity contribution is -0.116. The van der Waals surface area contributed by atoms with E-state index in [1.54, 1.807) is 6.92 Å². The van der Waals surface area contributed by atoms with E-state index in [0.29, 0.717) is 13.0 Å². The van der Waals surface area contributed by atoms with E-state index in [2.05, 4.69) is 33.8 Å². The van der Waals surface area contributed by atoms with E-state index in [9.17, 15) is 4.79 Å². The molecule has 22 heavy (non-hydrogen) atoms. The molecular formula is C20H24O2. The van der Waals surface area contributed by atoms with Gasteiger partial charge in [-0.05, 0) is 80.1 Å². The summed E-state index contributed by atoms with van der Waals surface area (Å²) in [5.74, 6) is 1.01. The number of hydrogen-bond acceptors (Lipinski definition) is 2. The minimum atomic E-state index is 0.176. The van der Waals surface area contributed by atoms with Crippen molar-refractivity contribution in [1.82, 2.24) is 0 Å². The van der Waals surface area contributed by atoms with Crippen LogP contribution in [-0.4, -0.2) is 5.78 Å². The van der Waals surface area contributed by atoms with E-state index in [1.165, 1.54) is 27.8 Å². The molecule has 0 bridgehead atoms. The summed E-state index contributed by atoms with van der Waals surface area (Å²) in [6, 6.07) is 10.0. The van der Waals surface area contributed by atoms with Crippen LogP contribution in [0.3, 0.4) is 0 Å². The normalized spacial score (nSPS) is 10.6. The van der Waals surface area contributed by atoms with Crippen molar-refractivity contribution in [3.63, 3.8) is 0 Å². The van der Waals surface area contributed by atoms with E-state index in [-0.39, 0.29) is 5.78 Å². The predicted octanol–water partition coefficient (Wildman–Crippen LogP) is 4.63. The first-order chi connectivity index (χ1) is 10.4. The van der Waals surface area contributed by atoms with Gasteiger partial charge in [-0.3, -0.25) is 4.79 Å². The number of carbonyl (C=O) groups excluding carboxylic acids is 1. The highest BCUT2D eigenvalue weighted by Gasteiger charge is 2.09. The van der Waals surface area contributed by atoms with Crippen LogP contribution in [-0.2, 0) is 17.8 Å². The topological polar surface area (TPSA) is 26.3 Å². The van der Waals surface area contributed by atoms with Crippen LogP contribution in [0, 0.1) is 27.7 Å². The zero-order valence-electron chi connectivity index (χ0n) is 14.1. The van der Waals surface area contributed by atoms with E-state index in [1.807, 2.05) is 24.3 Å². The smallest absolute Gasteiger partial charge is 0.134 e. The predicted molar refractivity (Wildman–Crippen MR) is 90.5 cm³/mol. The summed E-state index contributed by atoms with van der Waals surface area (Å²) in [5.41, 5.74) is 7.51. The van der Waals surface area contributed by atoms with Crippen LogP contribution in [0.1, 0.15) is 40.3 Å². The van der Waals surface area contributed by atoms with Gasteiger partial charge < -0.3 is 4.74 Å². The van der Waals surface area contributed by atoms with Crippen molar-refractivity contribution in [2.75, 3.05) is 0 Å². The van der Waals surface area contributed by atoms with E-state index < -0.39 is 0 Å². The van der Waals surface area contributed by atoms with Crippen LogP contribution >= 0.6 is 0 Å². The quantitative estimate of drug-likeness (QED) is 0.804. The minimum absolute atomic E-state index is 0.176. The summed E-state index contributed by atoms with van der Waals surface area (Å²) in [6.07, 6.45) is 0.482. The first kappa shape index (κ1) is 16.3. The van der Waals surface area contributed by atoms with Crippen LogP contribution < -0.4 is 4.74 Å². The standard InChI is InChI=1S/C20H24O2/c1-13-10-14(2)17(5)20(16(13)4)12-22-19-8-6-18(7-9-19)11-15(3)21/h6-10H,11-12H2,1-5H3. The number of Topliss-reactive ketones (excluding diaryl/α,β-unsaturated/α-hetero) is 1. The van der Waals surface area contributed by atoms with Crippen molar-refractivity contribution in [2.45, 2.75) is 47.6 Å². The zero-order valence-corrected chi connectivity index (χ0v) is 14.1. The van der Waals surface area contributed by atoms with Gasteiger partial charge in [-0.15, -0.1) is 0 Å². The fraction of sp³-hybridized carbons (Fsp3) is 0.350. The summed E-state index contributed by atoms with van der Waals surface area (Å²) < 4.78 is 5.94. The van der Waals surface area contributed by atoms with Crippen molar-refractivity contribution < 1.29 is 9.53 Å². The molecule has 2 aromatic carbocycles. The van der Waals surface area contributed by atoms with E-state index in [4.69, 9.17) is 4.74 Å². The summed E-state index contributed by atoms with van der Waals surface area (Å²) in [5, 5.41) is 0. The van der Waals surface area contributed by atoms with E-state index in [0.717, 1.165) is 11.3 Å². The molecule has 0 amide bonds. The SMILES string of the molecule is CC(=O)Cc1ccc(OCc2c(C)c(C)cc(C)c2C)cc1. The lowest BCUT2D eigenvalue weighted by Gasteiger charge is -2.16. The highest BCUT2D eigenvalue weighted by Crippen LogP contribution is 2.23. The van der Waals surface area contributed by atoms with Gasteiger partial charge >= 0.3 is 0 Å². The molecule has 0 aliphatic heterocycles. The van der Waals surface area contributed by atoms with Gasteiger partial charge in [0.05, 0.1) is 0 Å². The van der Waals surface area contributed by atoms with Gasteiger partial charge in [-0.1, -0.05) is 18.2 Å². The van der Waals surface area contributed by atoms with Gasteiger partial charge in [0.1, 0.15) is 18.1 Å². The Morgan fingerprint density at radius 3 is 2.00 bits per heavy atom. The molecule has 2 heteroatoms. The molecule has 116 valence electrons. The molecule has 0 aliphatic rings. The Balaban J connectivity index is 2.12. The first-order valence-electron chi connectivity index (χ1n) is 7.66. The zero-order chi connectivity index (χ0) is 16.3. The minimum Gasteiger partial charge on any atom is -0.489 e. The average molecular weight is 296 g/mol. The van der Waals surface area contributed by atoms with Gasteiger partial charge in [0.2, 0.25) is 0 Å². The Morgan fingerprint density at radius 1 is 0.955 bits per heavy atom. The largest absolute Gasteiger partial charge is 0.489 e. The fourth-order valence-corrected chi connectivity index (χ4v) is 2.66. The van der Waals surface area contributed by atoms with Gasteiger partial charge in [0, 0.05) is 6.42 Å². The summed E-state index contributed by atoms with van der Waals surface area (Å²) in [6.45, 7) is 10.8. The van der Waals surface area contributed by atoms with Crippen LogP contribution in [0.25, 0.3) is 0 Å². The molecule has 0 atom stereocenters. The van der Waals surface area contributed by atoms with Crippen LogP contribution in [0.4, 0.5) is 0 Å². The molecule has 2 rings (SSSR count). The second-order valence-corrected chi connectivity index (χ2v) is 6.05. The molecule has 0 heterocycles. The molecule has 0 saturated heterocycles. The van der Waals surface area contributed by atoms with Crippen LogP contribution in [0.2, 0.25) is 0 Å². The van der Waals surface area contributed by atoms with E-state index >= 15 is 0 Å². The monoisotopic (exact) mass is 296 g/mol. The number of benzene rings is 2. The highest BCUT2D eigenvalue weighted by atomic mass is 16.5. The summed E-state index contributed by atoms with van der Waals surface area (Å²) in [7, 11) is 0. The third kappa shape index (κ3) is 3.76. The van der Waals surface area contributed by atoms with Crippen molar-refractivity contribution in [1.29, 1.82) is 0 Å². The van der Waals surface area contributed by atoms with Gasteiger partial charge in [0.25, 0.3) is 0 Å². The second-order valence-electron chi connectivity index (χ2n) is 6.05. The maximum atomic E-state index is 11.1. The van der Waals surface area contributed by atoms with Crippen molar-refractivity contribution in [2.24, 2.45) is 0 Å². The number of ether oxygens (including phenoxy) is 1. The van der Waals surface area contributed by atoms with Crippen molar-refractivity contribution in [3.8, 4) is 5.75 Å². The molecule has 2 aromatic rings. The third-order valence-corrected chi connectivity index (χ3v) is 4.28. The number of ketones is 1. The first-order valence-corrected chi connectivity index (χ1v) is 7.66. The molecule has 0 saturated carbocycles. The Labute approximate surface area is 133 Å². The molecule has 0 unspecified atom stereocenters. The molecule has 0 fully saturated rings. The summed E-state index contributed by atoms with van der Waals surface area (Å²) in [4.78, 5) is 11.1. The van der Waals surface area contributed by atoms with Crippen LogP contribution in [0.5, 0.6) is 5.75 Å². The summed E-state index contributed by atoms with van der Waals surface area (Å²) >= 11 is 0. The van der Waals surface area contributed by atoms with Gasteiger partial charge in [-0.2, -0.15) is 0 Å². The maximum Gasteiger partial charge on any atom is 0.134 e. The average Bonchev–Trinajstić information content (AvgIpc) is 2.46. The lowest BCUT2D eigenvalue weighted by Crippen LogP contribution is -2.04. The number of hydrogen-bond donors (Lipinski definition) is 0. The fourth-order valence-electron chi connectivity index (χ4n) is 2.66. The Hall–Kier alpha value is -2.09. The number of rotatable bonds is 5. The molecule has 0 aliphatic carbocycles. The number of carbonyl (C=O) groups is 1. The van der Waals surface area contributed by atoms with Gasteiger partial charge in [-0.25, -0.2) is 0 Å². The Morgan fingerprint density at radius 2 is 1.50 bits per heavy atom.